The zero-order valence-corrected chi connectivity index (χ0v) is 17.9. The van der Waals surface area contributed by atoms with Crippen LogP contribution in [0.1, 0.15) is 65.7 Å². The maximum atomic E-state index is 12.3. The van der Waals surface area contributed by atoms with Crippen molar-refractivity contribution in [1.29, 1.82) is 0 Å². The Hall–Kier alpha value is -1.10. The number of ether oxygens (including phenoxy) is 1. The quantitative estimate of drug-likeness (QED) is 0.791. The Kier molecular flexibility index (Phi) is 5.05. The molecule has 1 N–H and O–H groups in total. The molecular weight excluding hydrogens is 354 g/mol. The summed E-state index contributed by atoms with van der Waals surface area (Å²) in [6, 6.07) is 0.410. The van der Waals surface area contributed by atoms with Crippen LogP contribution in [0.3, 0.4) is 0 Å². The number of carbonyl (C=O) groups excluding carboxylic acids is 1. The Morgan fingerprint density at radius 2 is 1.93 bits per heavy atom. The third-order valence-corrected chi connectivity index (χ3v) is 9.68. The number of likely N-dealkylation sites (tertiary alicyclic amines) is 1. The summed E-state index contributed by atoms with van der Waals surface area (Å²) in [5.41, 5.74) is 0.521. The van der Waals surface area contributed by atoms with Gasteiger partial charge in [0, 0.05) is 19.5 Å². The second-order valence-electron chi connectivity index (χ2n) is 10.8. The summed E-state index contributed by atoms with van der Waals surface area (Å²) in [6.45, 7) is 7.65. The highest BCUT2D eigenvalue weighted by Gasteiger charge is 2.62. The van der Waals surface area contributed by atoms with Gasteiger partial charge in [0.1, 0.15) is 6.61 Å². The van der Waals surface area contributed by atoms with Crippen LogP contribution in [0.15, 0.2) is 0 Å². The number of hydrogen-bond donors (Lipinski definition) is 1. The number of carbonyl (C=O) groups is 2. The number of piperidine rings is 1. The fourth-order valence-corrected chi connectivity index (χ4v) is 8.25. The van der Waals surface area contributed by atoms with Crippen molar-refractivity contribution in [3.63, 3.8) is 0 Å². The van der Waals surface area contributed by atoms with Crippen LogP contribution < -0.4 is 0 Å². The Labute approximate surface area is 169 Å². The average molecular weight is 392 g/mol. The van der Waals surface area contributed by atoms with Gasteiger partial charge in [0.05, 0.1) is 6.61 Å². The molecule has 1 saturated heterocycles. The molecule has 158 valence electrons. The molecule has 5 heteroatoms. The molecule has 1 aliphatic heterocycles. The lowest BCUT2D eigenvalue weighted by molar-refractivity contribution is -0.159. The molecule has 1 amide bonds. The summed E-state index contributed by atoms with van der Waals surface area (Å²) in [7, 11) is 2.02. The third kappa shape index (κ3) is 2.91. The standard InChI is InChI=1S/C23H37NO4/c1-14-11-17-15-5-6-19-23(3,10-8-20(25)24(19)4)16(15)7-9-22(17,2)18(14)12-28-13-21(26)27/h14-19H,5-13H2,1-4H3,(H,26,27)/t14?,15-,16+,17+,18?,19-,22+,23-/m1/s1. The molecule has 0 aromatic carbocycles. The number of amides is 1. The molecule has 8 atom stereocenters. The summed E-state index contributed by atoms with van der Waals surface area (Å²) in [5, 5.41) is 8.93. The summed E-state index contributed by atoms with van der Waals surface area (Å²) in [4.78, 5) is 25.2. The van der Waals surface area contributed by atoms with Crippen LogP contribution in [0.5, 0.6) is 0 Å². The van der Waals surface area contributed by atoms with Gasteiger partial charge in [-0.3, -0.25) is 4.79 Å². The monoisotopic (exact) mass is 391 g/mol. The first-order chi connectivity index (χ1) is 13.2. The first-order valence-electron chi connectivity index (χ1n) is 11.2. The van der Waals surface area contributed by atoms with Crippen molar-refractivity contribution in [2.45, 2.75) is 71.8 Å². The second-order valence-corrected chi connectivity index (χ2v) is 10.8. The smallest absolute Gasteiger partial charge is 0.329 e. The SMILES string of the molecule is CC1C[C@H]2[C@@H]3CC[C@H]4N(C)C(=O)CC[C@]4(C)[C@H]3CC[C@]2(C)C1COCC(=O)O. The number of hydrogen-bond acceptors (Lipinski definition) is 3. The van der Waals surface area contributed by atoms with Crippen molar-refractivity contribution in [2.75, 3.05) is 20.3 Å². The van der Waals surface area contributed by atoms with Crippen molar-refractivity contribution in [2.24, 2.45) is 40.4 Å². The summed E-state index contributed by atoms with van der Waals surface area (Å²) in [5.74, 6) is 2.66. The lowest BCUT2D eigenvalue weighted by atomic mass is 9.47. The first-order valence-corrected chi connectivity index (χ1v) is 11.2. The lowest BCUT2D eigenvalue weighted by Gasteiger charge is -2.61. The predicted molar refractivity (Wildman–Crippen MR) is 107 cm³/mol. The molecule has 0 spiro atoms. The fraction of sp³-hybridized carbons (Fsp3) is 0.913. The van der Waals surface area contributed by atoms with E-state index in [1.807, 2.05) is 7.05 Å². The van der Waals surface area contributed by atoms with Crippen molar-refractivity contribution in [1.82, 2.24) is 4.90 Å². The van der Waals surface area contributed by atoms with Gasteiger partial charge < -0.3 is 14.7 Å². The van der Waals surface area contributed by atoms with Gasteiger partial charge in [0.15, 0.2) is 0 Å². The normalized spacial score (nSPS) is 48.0. The molecule has 0 radical (unpaired) electrons. The van der Waals surface area contributed by atoms with Crippen molar-refractivity contribution < 1.29 is 19.4 Å². The van der Waals surface area contributed by atoms with Gasteiger partial charge in [-0.15, -0.1) is 0 Å². The number of carboxylic acids is 1. The van der Waals surface area contributed by atoms with E-state index in [-0.39, 0.29) is 17.4 Å². The molecule has 0 bridgehead atoms. The molecule has 4 fully saturated rings. The molecule has 5 nitrogen and oxygen atoms in total. The molecule has 28 heavy (non-hydrogen) atoms. The highest BCUT2D eigenvalue weighted by atomic mass is 16.5. The van der Waals surface area contributed by atoms with Gasteiger partial charge >= 0.3 is 5.97 Å². The second kappa shape index (κ2) is 7.00. The Morgan fingerprint density at radius 1 is 1.18 bits per heavy atom. The largest absolute Gasteiger partial charge is 0.480 e. The van der Waals surface area contributed by atoms with Gasteiger partial charge in [0.2, 0.25) is 5.91 Å². The van der Waals surface area contributed by atoms with Crippen LogP contribution in [-0.4, -0.2) is 48.2 Å². The van der Waals surface area contributed by atoms with E-state index in [2.05, 4.69) is 25.7 Å². The topological polar surface area (TPSA) is 66.8 Å². The zero-order valence-electron chi connectivity index (χ0n) is 17.9. The molecule has 4 aliphatic rings. The zero-order chi connectivity index (χ0) is 20.3. The highest BCUT2D eigenvalue weighted by molar-refractivity contribution is 5.77. The molecule has 0 aromatic heterocycles. The van der Waals surface area contributed by atoms with Crippen LogP contribution in [0.2, 0.25) is 0 Å². The minimum Gasteiger partial charge on any atom is -0.480 e. The van der Waals surface area contributed by atoms with E-state index < -0.39 is 5.97 Å². The van der Waals surface area contributed by atoms with Gasteiger partial charge in [0.25, 0.3) is 0 Å². The molecular formula is C23H37NO4. The number of fused-ring (bicyclic) bond motifs is 5. The van der Waals surface area contributed by atoms with Crippen molar-refractivity contribution >= 4 is 11.9 Å². The number of nitrogens with zero attached hydrogens (tertiary/aromatic N) is 1. The summed E-state index contributed by atoms with van der Waals surface area (Å²) < 4.78 is 5.59. The van der Waals surface area contributed by atoms with E-state index in [9.17, 15) is 9.59 Å². The van der Waals surface area contributed by atoms with E-state index in [1.165, 1.54) is 25.7 Å². The van der Waals surface area contributed by atoms with Crippen LogP contribution in [-0.2, 0) is 14.3 Å². The van der Waals surface area contributed by atoms with Crippen LogP contribution in [0.25, 0.3) is 0 Å². The van der Waals surface area contributed by atoms with Crippen LogP contribution >= 0.6 is 0 Å². The summed E-state index contributed by atoms with van der Waals surface area (Å²) in [6.07, 6.45) is 7.83. The highest BCUT2D eigenvalue weighted by Crippen LogP contribution is 2.67. The molecule has 0 aromatic rings. The van der Waals surface area contributed by atoms with E-state index >= 15 is 0 Å². The minimum absolute atomic E-state index is 0.184. The summed E-state index contributed by atoms with van der Waals surface area (Å²) >= 11 is 0. The first kappa shape index (κ1) is 20.2. The van der Waals surface area contributed by atoms with Crippen LogP contribution in [0.4, 0.5) is 0 Å². The maximum Gasteiger partial charge on any atom is 0.329 e. The van der Waals surface area contributed by atoms with Gasteiger partial charge in [-0.25, -0.2) is 4.79 Å². The molecule has 2 unspecified atom stereocenters. The number of carboxylic acid groups (broad SMARTS) is 1. The Balaban J connectivity index is 1.54. The molecule has 4 rings (SSSR count). The van der Waals surface area contributed by atoms with E-state index in [4.69, 9.17) is 9.84 Å². The molecule has 1 heterocycles. The van der Waals surface area contributed by atoms with E-state index in [0.29, 0.717) is 48.6 Å². The molecule has 3 aliphatic carbocycles. The van der Waals surface area contributed by atoms with Crippen molar-refractivity contribution in [3.8, 4) is 0 Å². The fourth-order valence-electron chi connectivity index (χ4n) is 8.25. The van der Waals surface area contributed by atoms with Gasteiger partial charge in [-0.2, -0.15) is 0 Å². The predicted octanol–water partition coefficient (Wildman–Crippen LogP) is 3.81. The van der Waals surface area contributed by atoms with Gasteiger partial charge in [-0.1, -0.05) is 20.8 Å². The minimum atomic E-state index is -0.877. The molecule has 3 saturated carbocycles. The average Bonchev–Trinajstić information content (AvgIpc) is 2.89. The van der Waals surface area contributed by atoms with Gasteiger partial charge in [-0.05, 0) is 78.9 Å². The lowest BCUT2D eigenvalue weighted by Crippen LogP contribution is -2.61. The van der Waals surface area contributed by atoms with Crippen molar-refractivity contribution in [3.05, 3.63) is 0 Å². The number of aliphatic carboxylic acids is 1. The maximum absolute atomic E-state index is 12.3. The van der Waals surface area contributed by atoms with E-state index in [1.54, 1.807) is 0 Å². The van der Waals surface area contributed by atoms with E-state index in [0.717, 1.165) is 18.8 Å². The number of rotatable bonds is 4. The Bertz CT molecular complexity index is 651. The third-order valence-electron chi connectivity index (χ3n) is 9.68. The van der Waals surface area contributed by atoms with Crippen LogP contribution in [0, 0.1) is 40.4 Å². The Morgan fingerprint density at radius 3 is 2.64 bits per heavy atom.